The molecule has 1 heterocycles. The largest absolute Gasteiger partial charge is 0.455 e. The van der Waals surface area contributed by atoms with Crippen LogP contribution in [-0.4, -0.2) is 55.3 Å². The molecule has 3 atom stereocenters. The quantitative estimate of drug-likeness (QED) is 0.500. The summed E-state index contributed by atoms with van der Waals surface area (Å²) < 4.78 is 24.2. The fourth-order valence-corrected chi connectivity index (χ4v) is 5.82. The molecule has 0 amide bonds. The molecule has 0 radical (unpaired) electrons. The number of hydrogen-bond acceptors (Lipinski definition) is 5. The van der Waals surface area contributed by atoms with Crippen molar-refractivity contribution < 1.29 is 22.8 Å². The lowest BCUT2D eigenvalue weighted by Crippen LogP contribution is -2.56. The minimum atomic E-state index is -1.94. The molecule has 5 nitrogen and oxygen atoms in total. The summed E-state index contributed by atoms with van der Waals surface area (Å²) in [5.41, 5.74) is -1.04. The van der Waals surface area contributed by atoms with Crippen LogP contribution in [0, 0.1) is 0 Å². The van der Waals surface area contributed by atoms with Gasteiger partial charge >= 0.3 is 5.97 Å². The predicted molar refractivity (Wildman–Crippen MR) is 100 cm³/mol. The van der Waals surface area contributed by atoms with Gasteiger partial charge in [-0.25, -0.2) is 4.79 Å². The van der Waals surface area contributed by atoms with Crippen molar-refractivity contribution in [2.24, 2.45) is 0 Å². The van der Waals surface area contributed by atoms with Crippen LogP contribution in [0.15, 0.2) is 0 Å². The zero-order chi connectivity index (χ0) is 18.3. The molecule has 0 bridgehead atoms. The van der Waals surface area contributed by atoms with E-state index in [0.29, 0.717) is 6.61 Å². The lowest BCUT2D eigenvalue weighted by Gasteiger charge is -2.38. The minimum Gasteiger partial charge on any atom is -0.455 e. The molecule has 1 rings (SSSR count). The van der Waals surface area contributed by atoms with Gasteiger partial charge in [0.25, 0.3) is 0 Å². The van der Waals surface area contributed by atoms with E-state index in [0.717, 1.165) is 0 Å². The Hall–Kier alpha value is 0.000649. The molecule has 0 spiro atoms. The van der Waals surface area contributed by atoms with Crippen molar-refractivity contribution >= 4 is 30.9 Å². The predicted octanol–water partition coefficient (Wildman–Crippen LogP) is 3.59. The number of cyclic esters (lactones) is 1. The molecular formula is C15H34O5Si3. The molecule has 136 valence electrons. The summed E-state index contributed by atoms with van der Waals surface area (Å²) in [7, 11) is -5.51. The van der Waals surface area contributed by atoms with Crippen molar-refractivity contribution in [3.8, 4) is 0 Å². The normalized spacial score (nSPS) is 29.7. The van der Waals surface area contributed by atoms with Gasteiger partial charge in [-0.15, -0.1) is 0 Å². The summed E-state index contributed by atoms with van der Waals surface area (Å²) in [4.78, 5) is 12.6. The number of ether oxygens (including phenoxy) is 1. The zero-order valence-electron chi connectivity index (χ0n) is 16.4. The number of esters is 1. The van der Waals surface area contributed by atoms with Gasteiger partial charge in [0.1, 0.15) is 6.10 Å². The first kappa shape index (κ1) is 21.0. The Labute approximate surface area is 144 Å². The lowest BCUT2D eigenvalue weighted by molar-refractivity contribution is -0.153. The van der Waals surface area contributed by atoms with Crippen LogP contribution in [0.3, 0.4) is 0 Å². The molecule has 1 aliphatic rings. The Balaban J connectivity index is 3.06. The van der Waals surface area contributed by atoms with Crippen molar-refractivity contribution in [3.63, 3.8) is 0 Å². The highest BCUT2D eigenvalue weighted by Crippen LogP contribution is 2.36. The Kier molecular flexibility index (Phi) is 6.15. The Morgan fingerprint density at radius 3 is 1.87 bits per heavy atom. The highest BCUT2D eigenvalue weighted by Gasteiger charge is 2.58. The van der Waals surface area contributed by atoms with E-state index in [1.807, 2.05) is 6.92 Å². The van der Waals surface area contributed by atoms with Gasteiger partial charge in [0.15, 0.2) is 36.7 Å². The number of carbonyl (C=O) groups is 1. The Morgan fingerprint density at radius 1 is 0.957 bits per heavy atom. The third-order valence-electron chi connectivity index (χ3n) is 3.22. The maximum atomic E-state index is 12.6. The fourth-order valence-electron chi connectivity index (χ4n) is 2.55. The zero-order valence-corrected chi connectivity index (χ0v) is 19.4. The molecule has 0 saturated carbocycles. The van der Waals surface area contributed by atoms with Crippen LogP contribution in [0.25, 0.3) is 0 Å². The van der Waals surface area contributed by atoms with E-state index in [1.54, 1.807) is 0 Å². The molecular weight excluding hydrogens is 344 g/mol. The highest BCUT2D eigenvalue weighted by molar-refractivity contribution is 6.70. The molecule has 23 heavy (non-hydrogen) atoms. The molecule has 0 aromatic rings. The van der Waals surface area contributed by atoms with Gasteiger partial charge in [-0.3, -0.25) is 0 Å². The fraction of sp³-hybridized carbons (Fsp3) is 0.933. The maximum absolute atomic E-state index is 12.6. The van der Waals surface area contributed by atoms with E-state index >= 15 is 0 Å². The van der Waals surface area contributed by atoms with Crippen molar-refractivity contribution in [1.29, 1.82) is 0 Å². The smallest absolute Gasteiger partial charge is 0.340 e. The van der Waals surface area contributed by atoms with Crippen LogP contribution >= 0.6 is 0 Å². The van der Waals surface area contributed by atoms with Crippen molar-refractivity contribution in [1.82, 2.24) is 0 Å². The first-order chi connectivity index (χ1) is 10.0. The van der Waals surface area contributed by atoms with E-state index in [-0.39, 0.29) is 5.97 Å². The lowest BCUT2D eigenvalue weighted by atomic mass is 9.99. The molecule has 0 unspecified atom stereocenters. The summed E-state index contributed by atoms with van der Waals surface area (Å²) in [5, 5.41) is 0. The average molecular weight is 379 g/mol. The van der Waals surface area contributed by atoms with E-state index in [9.17, 15) is 4.79 Å². The molecule has 1 fully saturated rings. The average Bonchev–Trinajstić information content (AvgIpc) is 2.46. The molecule has 0 aromatic heterocycles. The van der Waals surface area contributed by atoms with Crippen LogP contribution in [0.1, 0.15) is 6.92 Å². The van der Waals surface area contributed by atoms with Gasteiger partial charge in [0.05, 0.1) is 6.61 Å². The first-order valence-electron chi connectivity index (χ1n) is 8.27. The van der Waals surface area contributed by atoms with Gasteiger partial charge in [0, 0.05) is 0 Å². The van der Waals surface area contributed by atoms with E-state index in [1.165, 1.54) is 0 Å². The van der Waals surface area contributed by atoms with Gasteiger partial charge in [0.2, 0.25) is 0 Å². The number of rotatable bonds is 7. The molecule has 1 aliphatic heterocycles. The minimum absolute atomic E-state index is 0.327. The third-order valence-corrected chi connectivity index (χ3v) is 6.25. The monoisotopic (exact) mass is 378 g/mol. The van der Waals surface area contributed by atoms with E-state index in [4.69, 9.17) is 18.0 Å². The van der Waals surface area contributed by atoms with Crippen LogP contribution in [0.2, 0.25) is 58.9 Å². The van der Waals surface area contributed by atoms with Crippen LogP contribution < -0.4 is 0 Å². The van der Waals surface area contributed by atoms with Crippen molar-refractivity contribution in [2.45, 2.75) is 83.7 Å². The Bertz CT molecular complexity index is 436. The summed E-state index contributed by atoms with van der Waals surface area (Å²) in [5.74, 6) is -0.327. The van der Waals surface area contributed by atoms with Crippen LogP contribution in [-0.2, 0) is 22.8 Å². The summed E-state index contributed by atoms with van der Waals surface area (Å²) in [6, 6.07) is 0. The second kappa shape index (κ2) is 6.72. The summed E-state index contributed by atoms with van der Waals surface area (Å²) in [6.07, 6.45) is -0.813. The highest BCUT2D eigenvalue weighted by atomic mass is 28.4. The summed E-state index contributed by atoms with van der Waals surface area (Å²) >= 11 is 0. The molecule has 0 N–H and O–H groups in total. The SMILES string of the molecule is C[C@]1(O[Si](C)(C)C)C(=O)O[C@@H](CO[Si](C)(C)C)[C@H]1O[Si](C)(C)C. The number of hydrogen-bond donors (Lipinski definition) is 0. The first-order valence-corrected chi connectivity index (χ1v) is 18.5. The van der Waals surface area contributed by atoms with Gasteiger partial charge < -0.3 is 18.0 Å². The second-order valence-electron chi connectivity index (χ2n) is 9.34. The molecule has 0 aromatic carbocycles. The topological polar surface area (TPSA) is 54.0 Å². The summed E-state index contributed by atoms with van der Waals surface area (Å²) in [6.45, 7) is 21.1. The van der Waals surface area contributed by atoms with Crippen molar-refractivity contribution in [3.05, 3.63) is 0 Å². The van der Waals surface area contributed by atoms with Gasteiger partial charge in [-0.1, -0.05) is 0 Å². The van der Waals surface area contributed by atoms with Gasteiger partial charge in [-0.2, -0.15) is 0 Å². The van der Waals surface area contributed by atoms with Gasteiger partial charge in [-0.05, 0) is 65.8 Å². The van der Waals surface area contributed by atoms with E-state index < -0.39 is 42.8 Å². The third kappa shape index (κ3) is 6.43. The van der Waals surface area contributed by atoms with E-state index in [2.05, 4.69) is 58.9 Å². The molecule has 0 aliphatic carbocycles. The maximum Gasteiger partial charge on any atom is 0.340 e. The second-order valence-corrected chi connectivity index (χ2v) is 22.7. The van der Waals surface area contributed by atoms with Crippen molar-refractivity contribution in [2.75, 3.05) is 6.61 Å². The Morgan fingerprint density at radius 2 is 1.48 bits per heavy atom. The molecule has 1 saturated heterocycles. The van der Waals surface area contributed by atoms with Crippen LogP contribution in [0.5, 0.6) is 0 Å². The number of carbonyl (C=O) groups excluding carboxylic acids is 1. The van der Waals surface area contributed by atoms with Crippen LogP contribution in [0.4, 0.5) is 0 Å². The standard InChI is InChI=1S/C15H34O5Si3/c1-15(20-23(8,9)10)13(19-22(5,6)7)12(18-14(15)16)11-17-21(2,3)4/h12-13H,11H2,1-10H3/t12-,13+,15+/m0/s1. The molecule has 8 heteroatoms.